The molecule has 156 valence electrons. The van der Waals surface area contributed by atoms with Crippen LogP contribution in [0.2, 0.25) is 0 Å². The fourth-order valence-corrected chi connectivity index (χ4v) is 3.46. The molecule has 8 heteroatoms. The molecule has 0 aliphatic carbocycles. The van der Waals surface area contributed by atoms with Gasteiger partial charge in [-0.3, -0.25) is 9.36 Å². The van der Waals surface area contributed by atoms with Crippen molar-refractivity contribution >= 4 is 17.0 Å². The standard InChI is InChI=1S/C23H18FN3O4/c1-14-12-18(22(29)31-2)19-20(25-14)27(17-6-4-3-5-7-17)23(30)26(21(19)28)13-15-8-10-16(24)11-9-15/h3-12H,13H2,1-2H3. The molecular weight excluding hydrogens is 401 g/mol. The fraction of sp³-hybridized carbons (Fsp3) is 0.130. The Morgan fingerprint density at radius 1 is 1.06 bits per heavy atom. The van der Waals surface area contributed by atoms with Crippen molar-refractivity contribution in [2.75, 3.05) is 7.11 Å². The van der Waals surface area contributed by atoms with Crippen molar-refractivity contribution < 1.29 is 13.9 Å². The van der Waals surface area contributed by atoms with E-state index in [2.05, 4.69) is 4.98 Å². The topological polar surface area (TPSA) is 83.2 Å². The quantitative estimate of drug-likeness (QED) is 0.475. The van der Waals surface area contributed by atoms with Crippen molar-refractivity contribution in [3.63, 3.8) is 0 Å². The maximum atomic E-state index is 13.4. The minimum absolute atomic E-state index is 0.0209. The predicted molar refractivity (Wildman–Crippen MR) is 113 cm³/mol. The summed E-state index contributed by atoms with van der Waals surface area (Å²) in [7, 11) is 1.22. The van der Waals surface area contributed by atoms with Crippen LogP contribution < -0.4 is 11.2 Å². The SMILES string of the molecule is COC(=O)c1cc(C)nc2c1c(=O)n(Cc1ccc(F)cc1)c(=O)n2-c1ccccc1. The summed E-state index contributed by atoms with van der Waals surface area (Å²) in [5.74, 6) is -1.14. The van der Waals surface area contributed by atoms with E-state index in [1.165, 1.54) is 42.0 Å². The summed E-state index contributed by atoms with van der Waals surface area (Å²) in [4.78, 5) is 43.7. The summed E-state index contributed by atoms with van der Waals surface area (Å²) in [6.07, 6.45) is 0. The number of pyridine rings is 1. The van der Waals surface area contributed by atoms with Crippen LogP contribution in [-0.4, -0.2) is 27.2 Å². The number of ether oxygens (including phenoxy) is 1. The summed E-state index contributed by atoms with van der Waals surface area (Å²) in [6.45, 7) is 1.56. The lowest BCUT2D eigenvalue weighted by atomic mass is 10.1. The van der Waals surface area contributed by atoms with E-state index in [1.807, 2.05) is 0 Å². The summed E-state index contributed by atoms with van der Waals surface area (Å²) >= 11 is 0. The Morgan fingerprint density at radius 3 is 2.39 bits per heavy atom. The summed E-state index contributed by atoms with van der Waals surface area (Å²) in [5, 5.41) is -0.0250. The van der Waals surface area contributed by atoms with E-state index in [4.69, 9.17) is 4.74 Å². The number of para-hydroxylation sites is 1. The number of halogens is 1. The lowest BCUT2D eigenvalue weighted by molar-refractivity contribution is 0.0602. The third kappa shape index (κ3) is 3.63. The van der Waals surface area contributed by atoms with Crippen LogP contribution in [0, 0.1) is 12.7 Å². The van der Waals surface area contributed by atoms with Gasteiger partial charge in [0.2, 0.25) is 0 Å². The minimum atomic E-state index is -0.709. The third-order valence-corrected chi connectivity index (χ3v) is 4.90. The molecule has 0 spiro atoms. The van der Waals surface area contributed by atoms with Gasteiger partial charge in [-0.1, -0.05) is 30.3 Å². The number of nitrogens with zero attached hydrogens (tertiary/aromatic N) is 3. The molecule has 0 saturated carbocycles. The number of methoxy groups -OCH3 is 1. The molecule has 0 N–H and O–H groups in total. The Morgan fingerprint density at radius 2 is 1.74 bits per heavy atom. The Bertz CT molecular complexity index is 1410. The number of hydrogen-bond donors (Lipinski definition) is 0. The summed E-state index contributed by atoms with van der Waals surface area (Å²) in [5.41, 5.74) is 0.280. The van der Waals surface area contributed by atoms with Crippen LogP contribution in [0.1, 0.15) is 21.6 Å². The van der Waals surface area contributed by atoms with Gasteiger partial charge < -0.3 is 4.74 Å². The third-order valence-electron chi connectivity index (χ3n) is 4.90. The lowest BCUT2D eigenvalue weighted by Gasteiger charge is -2.15. The molecule has 0 bridgehead atoms. The molecule has 2 aromatic heterocycles. The monoisotopic (exact) mass is 419 g/mol. The van der Waals surface area contributed by atoms with Gasteiger partial charge in [-0.25, -0.2) is 23.5 Å². The molecule has 31 heavy (non-hydrogen) atoms. The molecular formula is C23H18FN3O4. The van der Waals surface area contributed by atoms with Gasteiger partial charge in [-0.05, 0) is 42.8 Å². The van der Waals surface area contributed by atoms with Crippen molar-refractivity contribution in [1.29, 1.82) is 0 Å². The van der Waals surface area contributed by atoms with Gasteiger partial charge >= 0.3 is 11.7 Å². The second kappa shape index (κ2) is 7.98. The van der Waals surface area contributed by atoms with Crippen LogP contribution >= 0.6 is 0 Å². The Balaban J connectivity index is 2.12. The molecule has 0 aliphatic rings. The molecule has 0 atom stereocenters. The van der Waals surface area contributed by atoms with Gasteiger partial charge in [0.15, 0.2) is 5.65 Å². The predicted octanol–water partition coefficient (Wildman–Crippen LogP) is 2.83. The zero-order valence-corrected chi connectivity index (χ0v) is 16.8. The number of aryl methyl sites for hydroxylation is 1. The zero-order chi connectivity index (χ0) is 22.1. The van der Waals surface area contributed by atoms with Gasteiger partial charge in [0.05, 0.1) is 30.3 Å². The van der Waals surface area contributed by atoms with Crippen molar-refractivity contribution in [3.05, 3.63) is 104 Å². The molecule has 2 aromatic carbocycles. The van der Waals surface area contributed by atoms with E-state index in [1.54, 1.807) is 37.3 Å². The first kappa shape index (κ1) is 20.2. The molecule has 7 nitrogen and oxygen atoms in total. The van der Waals surface area contributed by atoms with Gasteiger partial charge in [-0.2, -0.15) is 0 Å². The highest BCUT2D eigenvalue weighted by Gasteiger charge is 2.22. The van der Waals surface area contributed by atoms with Crippen molar-refractivity contribution in [2.24, 2.45) is 0 Å². The van der Waals surface area contributed by atoms with E-state index in [0.717, 1.165) is 4.57 Å². The Labute approximate surface area is 176 Å². The number of carbonyl (C=O) groups excluding carboxylic acids is 1. The Hall–Kier alpha value is -4.07. The van der Waals surface area contributed by atoms with Gasteiger partial charge in [0.25, 0.3) is 5.56 Å². The van der Waals surface area contributed by atoms with Crippen LogP contribution in [-0.2, 0) is 11.3 Å². The molecule has 4 rings (SSSR count). The number of esters is 1. The maximum Gasteiger partial charge on any atom is 0.338 e. The zero-order valence-electron chi connectivity index (χ0n) is 16.8. The van der Waals surface area contributed by atoms with Crippen molar-refractivity contribution in [2.45, 2.75) is 13.5 Å². The van der Waals surface area contributed by atoms with Crippen LogP contribution in [0.15, 0.2) is 70.3 Å². The molecule has 0 unspecified atom stereocenters. The molecule has 0 aliphatic heterocycles. The number of fused-ring (bicyclic) bond motifs is 1. The first-order valence-electron chi connectivity index (χ1n) is 9.46. The minimum Gasteiger partial charge on any atom is -0.465 e. The van der Waals surface area contributed by atoms with Gasteiger partial charge in [0.1, 0.15) is 5.82 Å². The highest BCUT2D eigenvalue weighted by atomic mass is 19.1. The second-order valence-corrected chi connectivity index (χ2v) is 6.97. The van der Waals surface area contributed by atoms with E-state index in [-0.39, 0.29) is 23.1 Å². The first-order valence-corrected chi connectivity index (χ1v) is 9.46. The average Bonchev–Trinajstić information content (AvgIpc) is 2.77. The molecule has 0 saturated heterocycles. The maximum absolute atomic E-state index is 13.4. The normalized spacial score (nSPS) is 10.9. The molecule has 0 radical (unpaired) electrons. The van der Waals surface area contributed by atoms with Crippen LogP contribution in [0.5, 0.6) is 0 Å². The van der Waals surface area contributed by atoms with E-state index < -0.39 is 23.0 Å². The summed E-state index contributed by atoms with van der Waals surface area (Å²) < 4.78 is 20.5. The molecule has 0 amide bonds. The van der Waals surface area contributed by atoms with Crippen LogP contribution in [0.4, 0.5) is 4.39 Å². The molecule has 2 heterocycles. The second-order valence-electron chi connectivity index (χ2n) is 6.97. The highest BCUT2D eigenvalue weighted by molar-refractivity contribution is 6.02. The van der Waals surface area contributed by atoms with Gasteiger partial charge in [-0.15, -0.1) is 0 Å². The number of aromatic nitrogens is 3. The first-order chi connectivity index (χ1) is 14.9. The largest absolute Gasteiger partial charge is 0.465 e. The van der Waals surface area contributed by atoms with Crippen molar-refractivity contribution in [3.8, 4) is 5.69 Å². The lowest BCUT2D eigenvalue weighted by Crippen LogP contribution is -2.40. The summed E-state index contributed by atoms with van der Waals surface area (Å²) in [6, 6.07) is 15.6. The smallest absolute Gasteiger partial charge is 0.338 e. The fourth-order valence-electron chi connectivity index (χ4n) is 3.46. The van der Waals surface area contributed by atoms with Gasteiger partial charge in [0, 0.05) is 5.69 Å². The highest BCUT2D eigenvalue weighted by Crippen LogP contribution is 2.18. The van der Waals surface area contributed by atoms with E-state index >= 15 is 0 Å². The van der Waals surface area contributed by atoms with Crippen molar-refractivity contribution in [1.82, 2.24) is 14.1 Å². The van der Waals surface area contributed by atoms with Crippen LogP contribution in [0.25, 0.3) is 16.7 Å². The van der Waals surface area contributed by atoms with E-state index in [9.17, 15) is 18.8 Å². The molecule has 4 aromatic rings. The van der Waals surface area contributed by atoms with Crippen LogP contribution in [0.3, 0.4) is 0 Å². The average molecular weight is 419 g/mol. The number of carbonyl (C=O) groups is 1. The Kier molecular flexibility index (Phi) is 5.21. The van der Waals surface area contributed by atoms with E-state index in [0.29, 0.717) is 16.9 Å². The number of benzene rings is 2. The number of rotatable bonds is 4. The molecule has 0 fully saturated rings. The number of hydrogen-bond acceptors (Lipinski definition) is 5.